The van der Waals surface area contributed by atoms with Crippen LogP contribution in [-0.2, 0) is 17.6 Å². The van der Waals surface area contributed by atoms with Gasteiger partial charge in [0.1, 0.15) is 11.6 Å². The highest BCUT2D eigenvalue weighted by Crippen LogP contribution is 2.14. The molecule has 0 unspecified atom stereocenters. The van der Waals surface area contributed by atoms with Gasteiger partial charge in [0, 0.05) is 24.3 Å². The Morgan fingerprint density at radius 3 is 2.50 bits per heavy atom. The SMILES string of the molecule is Cc1[nH]c(=O)c(C#N)c(C)c1CCC(=O)NCCc1ccc(N)cc1.Cl. The molecule has 0 bridgehead atoms. The highest BCUT2D eigenvalue weighted by molar-refractivity contribution is 5.85. The number of halogens is 1. The zero-order valence-electron chi connectivity index (χ0n) is 14.9. The molecule has 0 spiro atoms. The first kappa shape index (κ1) is 21.3. The first-order chi connectivity index (χ1) is 11.9. The molecule has 0 saturated heterocycles. The molecule has 0 aliphatic heterocycles. The zero-order valence-corrected chi connectivity index (χ0v) is 15.7. The molecule has 1 aromatic heterocycles. The average Bonchev–Trinajstić information content (AvgIpc) is 2.56. The maximum atomic E-state index is 12.0. The lowest BCUT2D eigenvalue weighted by atomic mass is 9.99. The minimum Gasteiger partial charge on any atom is -0.399 e. The summed E-state index contributed by atoms with van der Waals surface area (Å²) < 4.78 is 0. The number of nitrogen functional groups attached to an aromatic ring is 1. The number of H-pyrrole nitrogens is 1. The van der Waals surface area contributed by atoms with Gasteiger partial charge < -0.3 is 16.0 Å². The molecule has 1 amide bonds. The predicted octanol–water partition coefficient (Wildman–Crippen LogP) is 2.16. The summed E-state index contributed by atoms with van der Waals surface area (Å²) in [6, 6.07) is 9.48. The van der Waals surface area contributed by atoms with Crippen molar-refractivity contribution in [2.45, 2.75) is 33.1 Å². The number of rotatable bonds is 6. The van der Waals surface area contributed by atoms with E-state index < -0.39 is 0 Å². The highest BCUT2D eigenvalue weighted by atomic mass is 35.5. The van der Waals surface area contributed by atoms with Crippen LogP contribution in [0.4, 0.5) is 5.69 Å². The first-order valence-corrected chi connectivity index (χ1v) is 8.16. The summed E-state index contributed by atoms with van der Waals surface area (Å²) in [5.41, 5.74) is 9.41. The van der Waals surface area contributed by atoms with Crippen molar-refractivity contribution in [1.82, 2.24) is 10.3 Å². The van der Waals surface area contributed by atoms with Gasteiger partial charge in [0.2, 0.25) is 5.91 Å². The number of aromatic amines is 1. The van der Waals surface area contributed by atoms with Crippen molar-refractivity contribution in [1.29, 1.82) is 5.26 Å². The fraction of sp³-hybridized carbons (Fsp3) is 0.316. The normalized spacial score (nSPS) is 9.88. The maximum Gasteiger partial charge on any atom is 0.266 e. The molecule has 0 atom stereocenters. The van der Waals surface area contributed by atoms with Gasteiger partial charge in [-0.2, -0.15) is 5.26 Å². The monoisotopic (exact) mass is 374 g/mol. The number of nitriles is 1. The fourth-order valence-electron chi connectivity index (χ4n) is 2.78. The standard InChI is InChI=1S/C19H22N4O2.ClH/c1-12-16(13(2)23-19(25)17(12)11-20)7-8-18(24)22-10-9-14-3-5-15(21)6-4-14;/h3-6H,7-10,21H2,1-2H3,(H,22,24)(H,23,25);1H. The Morgan fingerprint density at radius 2 is 1.88 bits per heavy atom. The quantitative estimate of drug-likeness (QED) is 0.672. The molecular weight excluding hydrogens is 352 g/mol. The Bertz CT molecular complexity index is 867. The number of nitrogens with one attached hydrogen (secondary N) is 2. The van der Waals surface area contributed by atoms with E-state index in [1.165, 1.54) is 0 Å². The molecule has 1 heterocycles. The third kappa shape index (κ3) is 5.36. The highest BCUT2D eigenvalue weighted by Gasteiger charge is 2.13. The topological polar surface area (TPSA) is 112 Å². The molecule has 6 nitrogen and oxygen atoms in total. The van der Waals surface area contributed by atoms with Crippen LogP contribution in [0.3, 0.4) is 0 Å². The van der Waals surface area contributed by atoms with Crippen LogP contribution in [0.25, 0.3) is 0 Å². The van der Waals surface area contributed by atoms with Crippen molar-refractivity contribution in [3.8, 4) is 6.07 Å². The molecule has 0 fully saturated rings. The minimum atomic E-state index is -0.380. The molecular formula is C19H23ClN4O2. The smallest absolute Gasteiger partial charge is 0.266 e. The number of hydrogen-bond acceptors (Lipinski definition) is 4. The molecule has 0 saturated carbocycles. The molecule has 0 radical (unpaired) electrons. The fourth-order valence-corrected chi connectivity index (χ4v) is 2.78. The Labute approximate surface area is 158 Å². The zero-order chi connectivity index (χ0) is 18.4. The number of aryl methyl sites for hydroxylation is 1. The summed E-state index contributed by atoms with van der Waals surface area (Å²) in [5.74, 6) is -0.0565. The average molecular weight is 375 g/mol. The number of pyridine rings is 1. The lowest BCUT2D eigenvalue weighted by molar-refractivity contribution is -0.121. The van der Waals surface area contributed by atoms with E-state index in [1.807, 2.05) is 30.3 Å². The second-order valence-corrected chi connectivity index (χ2v) is 6.01. The minimum absolute atomic E-state index is 0. The maximum absolute atomic E-state index is 12.0. The number of hydrogen-bond donors (Lipinski definition) is 3. The molecule has 4 N–H and O–H groups in total. The van der Waals surface area contributed by atoms with E-state index in [1.54, 1.807) is 13.8 Å². The van der Waals surface area contributed by atoms with E-state index in [0.29, 0.717) is 30.6 Å². The molecule has 2 aromatic rings. The summed E-state index contributed by atoms with van der Waals surface area (Å²) in [7, 11) is 0. The number of nitrogens with zero attached hydrogens (tertiary/aromatic N) is 1. The van der Waals surface area contributed by atoms with Crippen LogP contribution in [0.2, 0.25) is 0 Å². The van der Waals surface area contributed by atoms with E-state index in [2.05, 4.69) is 10.3 Å². The molecule has 7 heteroatoms. The van der Waals surface area contributed by atoms with Crippen molar-refractivity contribution >= 4 is 24.0 Å². The molecule has 1 aromatic carbocycles. The van der Waals surface area contributed by atoms with Gasteiger partial charge in [-0.25, -0.2) is 0 Å². The van der Waals surface area contributed by atoms with E-state index in [9.17, 15) is 9.59 Å². The molecule has 138 valence electrons. The number of carbonyl (C=O) groups is 1. The van der Waals surface area contributed by atoms with Gasteiger partial charge in [-0.05, 0) is 55.5 Å². The summed E-state index contributed by atoms with van der Waals surface area (Å²) >= 11 is 0. The number of benzene rings is 1. The Hall–Kier alpha value is -2.78. The Kier molecular flexibility index (Phi) is 7.88. The van der Waals surface area contributed by atoms with Gasteiger partial charge in [0.15, 0.2) is 0 Å². The molecule has 2 rings (SSSR count). The number of nitrogens with two attached hydrogens (primary N) is 1. The number of amides is 1. The molecule has 26 heavy (non-hydrogen) atoms. The van der Waals surface area contributed by atoms with Crippen LogP contribution < -0.4 is 16.6 Å². The Balaban J connectivity index is 0.00000338. The van der Waals surface area contributed by atoms with Crippen LogP contribution in [0, 0.1) is 25.2 Å². The van der Waals surface area contributed by atoms with Crippen molar-refractivity contribution < 1.29 is 4.79 Å². The van der Waals surface area contributed by atoms with Crippen molar-refractivity contribution in [3.05, 3.63) is 62.6 Å². The van der Waals surface area contributed by atoms with E-state index in [0.717, 1.165) is 23.2 Å². The molecule has 0 aliphatic rings. The van der Waals surface area contributed by atoms with Crippen molar-refractivity contribution in [3.63, 3.8) is 0 Å². The summed E-state index contributed by atoms with van der Waals surface area (Å²) in [4.78, 5) is 26.4. The van der Waals surface area contributed by atoms with Gasteiger partial charge in [-0.1, -0.05) is 12.1 Å². The van der Waals surface area contributed by atoms with Crippen LogP contribution in [0.5, 0.6) is 0 Å². The Morgan fingerprint density at radius 1 is 1.23 bits per heavy atom. The van der Waals surface area contributed by atoms with Gasteiger partial charge >= 0.3 is 0 Å². The van der Waals surface area contributed by atoms with Crippen LogP contribution >= 0.6 is 12.4 Å². The lowest BCUT2D eigenvalue weighted by Gasteiger charge is -2.11. The summed E-state index contributed by atoms with van der Waals surface area (Å²) in [5, 5.41) is 12.0. The van der Waals surface area contributed by atoms with Gasteiger partial charge in [0.05, 0.1) is 0 Å². The third-order valence-electron chi connectivity index (χ3n) is 4.24. The van der Waals surface area contributed by atoms with Gasteiger partial charge in [-0.3, -0.25) is 9.59 Å². The summed E-state index contributed by atoms with van der Waals surface area (Å²) in [6.45, 7) is 4.08. The third-order valence-corrected chi connectivity index (χ3v) is 4.24. The van der Waals surface area contributed by atoms with E-state index in [4.69, 9.17) is 11.0 Å². The second kappa shape index (κ2) is 9.64. The van der Waals surface area contributed by atoms with Crippen molar-refractivity contribution in [2.24, 2.45) is 0 Å². The first-order valence-electron chi connectivity index (χ1n) is 8.16. The number of aromatic nitrogens is 1. The van der Waals surface area contributed by atoms with Crippen LogP contribution in [-0.4, -0.2) is 17.4 Å². The molecule has 0 aliphatic carbocycles. The van der Waals surface area contributed by atoms with Gasteiger partial charge in [0.25, 0.3) is 5.56 Å². The summed E-state index contributed by atoms with van der Waals surface area (Å²) in [6.07, 6.45) is 1.53. The van der Waals surface area contributed by atoms with Crippen LogP contribution in [0.1, 0.15) is 34.4 Å². The number of carbonyl (C=O) groups excluding carboxylic acids is 1. The lowest BCUT2D eigenvalue weighted by Crippen LogP contribution is -2.26. The van der Waals surface area contributed by atoms with E-state index >= 15 is 0 Å². The largest absolute Gasteiger partial charge is 0.399 e. The van der Waals surface area contributed by atoms with Crippen LogP contribution in [0.15, 0.2) is 29.1 Å². The predicted molar refractivity (Wildman–Crippen MR) is 104 cm³/mol. The second-order valence-electron chi connectivity index (χ2n) is 6.01. The van der Waals surface area contributed by atoms with Gasteiger partial charge in [-0.15, -0.1) is 12.4 Å². The number of anilines is 1. The van der Waals surface area contributed by atoms with E-state index in [-0.39, 0.29) is 29.4 Å². The van der Waals surface area contributed by atoms with Crippen molar-refractivity contribution in [2.75, 3.05) is 12.3 Å².